The van der Waals surface area contributed by atoms with Crippen LogP contribution in [0.3, 0.4) is 0 Å². The molecule has 1 aromatic rings. The summed E-state index contributed by atoms with van der Waals surface area (Å²) in [4.78, 5) is 40.2. The average molecular weight is 647 g/mol. The molecule has 4 bridgehead atoms. The molecule has 1 saturated heterocycles. The van der Waals surface area contributed by atoms with Gasteiger partial charge in [-0.05, 0) is 93.1 Å². The number of carbonyl (C=O) groups is 3. The summed E-state index contributed by atoms with van der Waals surface area (Å²) in [6, 6.07) is 0. The summed E-state index contributed by atoms with van der Waals surface area (Å²) >= 11 is 0. The molecule has 1 saturated carbocycles. The van der Waals surface area contributed by atoms with E-state index >= 15 is 0 Å². The number of hydrogen-bond donors (Lipinski definition) is 2. The highest BCUT2D eigenvalue weighted by Crippen LogP contribution is 2.68. The van der Waals surface area contributed by atoms with Gasteiger partial charge in [0.15, 0.2) is 22.8 Å². The number of hydrogen-bond acceptors (Lipinski definition) is 9. The monoisotopic (exact) mass is 646 g/mol. The zero-order chi connectivity index (χ0) is 34.3. The van der Waals surface area contributed by atoms with Crippen molar-refractivity contribution < 1.29 is 43.5 Å². The fourth-order valence-corrected chi connectivity index (χ4v) is 8.56. The van der Waals surface area contributed by atoms with Gasteiger partial charge in [-0.1, -0.05) is 29.9 Å². The zero-order valence-electron chi connectivity index (χ0n) is 28.5. The van der Waals surface area contributed by atoms with Gasteiger partial charge in [-0.2, -0.15) is 0 Å². The molecule has 9 nitrogen and oxygen atoms in total. The van der Waals surface area contributed by atoms with E-state index < -0.39 is 34.4 Å². The first-order valence-corrected chi connectivity index (χ1v) is 16.6. The fraction of sp³-hybridized carbons (Fsp3) is 0.553. The van der Waals surface area contributed by atoms with Crippen LogP contribution in [0.1, 0.15) is 102 Å². The lowest BCUT2D eigenvalue weighted by atomic mass is 9.51. The van der Waals surface area contributed by atoms with E-state index in [0.29, 0.717) is 78.8 Å². The van der Waals surface area contributed by atoms with Crippen molar-refractivity contribution in [3.05, 3.63) is 64.0 Å². The number of aliphatic hydroxyl groups is 1. The van der Waals surface area contributed by atoms with Crippen LogP contribution < -0.4 is 9.47 Å². The van der Waals surface area contributed by atoms with Crippen LogP contribution in [0.25, 0.3) is 0 Å². The lowest BCUT2D eigenvalue weighted by molar-refractivity contribution is -0.171. The molecule has 0 aromatic heterocycles. The van der Waals surface area contributed by atoms with E-state index in [0.717, 1.165) is 5.57 Å². The molecule has 1 aromatic carbocycles. The third kappa shape index (κ3) is 4.83. The summed E-state index contributed by atoms with van der Waals surface area (Å²) < 4.78 is 25.8. The van der Waals surface area contributed by atoms with Crippen LogP contribution in [0.15, 0.2) is 47.3 Å². The third-order valence-electron chi connectivity index (χ3n) is 11.1. The van der Waals surface area contributed by atoms with Crippen molar-refractivity contribution in [2.45, 2.75) is 122 Å². The van der Waals surface area contributed by atoms with E-state index in [2.05, 4.69) is 6.58 Å². The summed E-state index contributed by atoms with van der Waals surface area (Å²) in [5.41, 5.74) is -1.20. The molecule has 3 aliphatic carbocycles. The van der Waals surface area contributed by atoms with Gasteiger partial charge < -0.3 is 29.2 Å². The van der Waals surface area contributed by atoms with Crippen molar-refractivity contribution in [2.75, 3.05) is 0 Å². The Kier molecular flexibility index (Phi) is 7.91. The number of Topliss-reactive ketones (excluding diaryl/α,β-unsaturated/α-hetero) is 2. The molecule has 47 heavy (non-hydrogen) atoms. The highest BCUT2D eigenvalue weighted by molar-refractivity contribution is 6.18. The van der Waals surface area contributed by atoms with Crippen LogP contribution in [0, 0.1) is 11.8 Å². The van der Waals surface area contributed by atoms with Gasteiger partial charge in [0.05, 0.1) is 11.7 Å². The number of ether oxygens (including phenoxy) is 4. The molecular weight excluding hydrogens is 600 g/mol. The Morgan fingerprint density at radius 3 is 2.51 bits per heavy atom. The Balaban J connectivity index is 1.55. The fourth-order valence-electron chi connectivity index (χ4n) is 8.56. The number of aliphatic hydroxyl groups excluding tert-OH is 1. The van der Waals surface area contributed by atoms with E-state index in [9.17, 15) is 24.6 Å². The number of carbonyl (C=O) groups excluding carboxylic acids is 3. The van der Waals surface area contributed by atoms with Gasteiger partial charge in [0.25, 0.3) is 6.47 Å². The minimum absolute atomic E-state index is 0.0295. The summed E-state index contributed by atoms with van der Waals surface area (Å²) in [5, 5.41) is 22.3. The third-order valence-corrected chi connectivity index (χ3v) is 11.1. The van der Waals surface area contributed by atoms with Crippen molar-refractivity contribution in [2.24, 2.45) is 11.8 Å². The van der Waals surface area contributed by atoms with Crippen LogP contribution in [-0.2, 0) is 31.9 Å². The molecule has 3 heterocycles. The Bertz CT molecular complexity index is 1670. The van der Waals surface area contributed by atoms with Crippen LogP contribution in [-0.4, -0.2) is 56.8 Å². The second kappa shape index (κ2) is 11.2. The van der Waals surface area contributed by atoms with Gasteiger partial charge in [0.1, 0.15) is 34.2 Å². The minimum Gasteiger partial charge on any atom is -0.507 e. The Morgan fingerprint density at radius 2 is 1.85 bits per heavy atom. The Morgan fingerprint density at radius 1 is 1.13 bits per heavy atom. The maximum Gasteiger partial charge on any atom is 0.298 e. The normalized spacial score (nSPS) is 31.8. The number of aromatic hydroxyl groups is 1. The zero-order valence-corrected chi connectivity index (χ0v) is 28.5. The number of allylic oxidation sites excluding steroid dienone is 4. The number of ketones is 2. The molecule has 2 N–H and O–H groups in total. The quantitative estimate of drug-likeness (QED) is 0.174. The highest BCUT2D eigenvalue weighted by Gasteiger charge is 2.81. The largest absolute Gasteiger partial charge is 0.507 e. The molecule has 6 atom stereocenters. The van der Waals surface area contributed by atoms with Crippen molar-refractivity contribution in [3.8, 4) is 17.2 Å². The van der Waals surface area contributed by atoms with Crippen LogP contribution in [0.2, 0.25) is 0 Å². The molecule has 252 valence electrons. The predicted molar refractivity (Wildman–Crippen MR) is 174 cm³/mol. The van der Waals surface area contributed by atoms with Crippen LogP contribution in [0.5, 0.6) is 17.2 Å². The van der Waals surface area contributed by atoms with Crippen molar-refractivity contribution >= 4 is 18.0 Å². The maximum atomic E-state index is 14.8. The van der Waals surface area contributed by atoms with Crippen molar-refractivity contribution in [1.29, 1.82) is 0 Å². The first kappa shape index (κ1) is 33.2. The molecular formula is C38H46O9. The number of fused-ring (bicyclic) bond motifs is 2. The Hall–Kier alpha value is -3.69. The molecule has 3 aliphatic heterocycles. The van der Waals surface area contributed by atoms with E-state index in [1.807, 2.05) is 40.7 Å². The molecule has 1 spiro atoms. The first-order valence-electron chi connectivity index (χ1n) is 16.6. The minimum atomic E-state index is -1.57. The highest BCUT2D eigenvalue weighted by atomic mass is 16.6. The van der Waals surface area contributed by atoms with Gasteiger partial charge >= 0.3 is 0 Å². The number of phenols is 1. The average Bonchev–Trinajstić information content (AvgIpc) is 3.15. The molecule has 4 unspecified atom stereocenters. The maximum absolute atomic E-state index is 14.8. The Labute approximate surface area is 276 Å². The summed E-state index contributed by atoms with van der Waals surface area (Å²) in [7, 11) is 0. The predicted octanol–water partition coefficient (Wildman–Crippen LogP) is 6.18. The lowest BCUT2D eigenvalue weighted by Gasteiger charge is -2.56. The first-order chi connectivity index (χ1) is 22.0. The number of phenolic OH excluding ortho intramolecular Hbond substituents is 1. The van der Waals surface area contributed by atoms with E-state index in [1.165, 1.54) is 0 Å². The topological polar surface area (TPSA) is 129 Å². The van der Waals surface area contributed by atoms with E-state index in [1.54, 1.807) is 26.0 Å². The van der Waals surface area contributed by atoms with Gasteiger partial charge in [-0.3, -0.25) is 14.4 Å². The summed E-state index contributed by atoms with van der Waals surface area (Å²) in [6.07, 6.45) is 7.65. The molecule has 0 radical (unpaired) electrons. The number of benzene rings is 1. The van der Waals surface area contributed by atoms with Gasteiger partial charge in [0, 0.05) is 35.0 Å². The van der Waals surface area contributed by atoms with E-state index in [-0.39, 0.29) is 41.0 Å². The molecule has 6 aliphatic rings. The molecule has 2 fully saturated rings. The molecule has 9 heteroatoms. The van der Waals surface area contributed by atoms with Gasteiger partial charge in [0.2, 0.25) is 0 Å². The number of rotatable bonds is 10. The van der Waals surface area contributed by atoms with E-state index in [4.69, 9.17) is 18.9 Å². The van der Waals surface area contributed by atoms with Gasteiger partial charge in [-0.15, -0.1) is 0 Å². The van der Waals surface area contributed by atoms with Crippen LogP contribution >= 0.6 is 0 Å². The van der Waals surface area contributed by atoms with Crippen molar-refractivity contribution in [1.82, 2.24) is 0 Å². The molecule has 0 amide bonds. The SMILES string of the molecule is C=C(C)C(O)CC[C@]1(C)CCc2c(O)c3c(c(CC=C(C)C)c2O1)O[C@]12C(=CC4CC1C(C)(C)OC2(C/C=C(/C)OC=O)C4=O)C3=O. The molecule has 7 rings (SSSR count). The second-order valence-electron chi connectivity index (χ2n) is 15.0. The van der Waals surface area contributed by atoms with Crippen molar-refractivity contribution in [3.63, 3.8) is 0 Å². The second-order valence-corrected chi connectivity index (χ2v) is 15.0. The smallest absolute Gasteiger partial charge is 0.298 e. The van der Waals surface area contributed by atoms with Crippen LogP contribution in [0.4, 0.5) is 0 Å². The lowest BCUT2D eigenvalue weighted by Crippen LogP contribution is -2.72. The standard InChI is InChI=1S/C38H46O9/c1-20(2)9-10-25-32-24(12-14-36(8,45-32)15-13-27(40)21(3)4)30(41)29-31(42)26-17-23-18-28-35(6,7)47-37(34(23)43,16-11-22(5)44-19-39)38(26,28)46-33(25)29/h9,11,17,19,23,27-28,40-41H,3,10,12-16,18H2,1-2,4-8H3/b22-11-/t23?,27?,28?,36-,37?,38+/m0/s1. The summed E-state index contributed by atoms with van der Waals surface area (Å²) in [5.74, 6) is -0.648. The summed E-state index contributed by atoms with van der Waals surface area (Å²) in [6.45, 7) is 17.4. The van der Waals surface area contributed by atoms with Gasteiger partial charge in [-0.25, -0.2) is 0 Å².